The summed E-state index contributed by atoms with van der Waals surface area (Å²) >= 11 is 0. The predicted octanol–water partition coefficient (Wildman–Crippen LogP) is 4.74. The highest BCUT2D eigenvalue weighted by Crippen LogP contribution is 2.26. The third-order valence-electron chi connectivity index (χ3n) is 6.28. The van der Waals surface area contributed by atoms with Crippen molar-refractivity contribution in [2.75, 3.05) is 37.7 Å². The molecule has 1 aliphatic rings. The molecule has 1 saturated heterocycles. The van der Waals surface area contributed by atoms with Crippen molar-refractivity contribution >= 4 is 22.6 Å². The third-order valence-corrected chi connectivity index (χ3v) is 6.28. The van der Waals surface area contributed by atoms with E-state index in [9.17, 15) is 10.1 Å². The van der Waals surface area contributed by atoms with E-state index < -0.39 is 0 Å². The first-order chi connectivity index (χ1) is 16.6. The van der Waals surface area contributed by atoms with Gasteiger partial charge in [0.05, 0.1) is 24.1 Å². The number of rotatable bonds is 7. The van der Waals surface area contributed by atoms with Gasteiger partial charge in [-0.1, -0.05) is 37.6 Å². The normalized spacial score (nSPS) is 14.0. The molecule has 0 saturated carbocycles. The molecule has 2 heterocycles. The van der Waals surface area contributed by atoms with Gasteiger partial charge in [-0.05, 0) is 49.6 Å². The lowest BCUT2D eigenvalue weighted by molar-refractivity contribution is -0.130. The van der Waals surface area contributed by atoms with Crippen LogP contribution in [0.25, 0.3) is 10.9 Å². The number of hydrogen-bond donors (Lipinski definition) is 0. The lowest BCUT2D eigenvalue weighted by Gasteiger charge is -2.24. The highest BCUT2D eigenvalue weighted by molar-refractivity contribution is 5.84. The summed E-state index contributed by atoms with van der Waals surface area (Å²) in [5.74, 6) is 1.59. The zero-order valence-electron chi connectivity index (χ0n) is 20.1. The number of carbonyl (C=O) groups excluding carboxylic acids is 1. The second-order valence-electron chi connectivity index (χ2n) is 8.69. The SMILES string of the molecule is CCCc1ccc2nc(N3CCCN(C(=O)Cc4ccccc4OCC)CC3)c(C#N)cc2c1. The molecule has 0 aliphatic carbocycles. The van der Waals surface area contributed by atoms with E-state index >= 15 is 0 Å². The van der Waals surface area contributed by atoms with Crippen molar-refractivity contribution in [2.24, 2.45) is 0 Å². The second kappa shape index (κ2) is 11.0. The number of pyridine rings is 1. The van der Waals surface area contributed by atoms with Crippen LogP contribution >= 0.6 is 0 Å². The van der Waals surface area contributed by atoms with Crippen LogP contribution in [0.1, 0.15) is 43.4 Å². The Morgan fingerprint density at radius 1 is 1.09 bits per heavy atom. The lowest BCUT2D eigenvalue weighted by atomic mass is 10.1. The number of benzene rings is 2. The number of ether oxygens (including phenoxy) is 1. The van der Waals surface area contributed by atoms with Crippen LogP contribution < -0.4 is 9.64 Å². The van der Waals surface area contributed by atoms with Crippen LogP contribution in [0.5, 0.6) is 5.75 Å². The van der Waals surface area contributed by atoms with Crippen LogP contribution in [0.4, 0.5) is 5.82 Å². The van der Waals surface area contributed by atoms with E-state index in [0.717, 1.165) is 48.0 Å². The number of amides is 1. The van der Waals surface area contributed by atoms with Crippen LogP contribution in [-0.4, -0.2) is 48.6 Å². The monoisotopic (exact) mass is 456 g/mol. The molecule has 0 N–H and O–H groups in total. The van der Waals surface area contributed by atoms with Gasteiger partial charge >= 0.3 is 0 Å². The highest BCUT2D eigenvalue weighted by Gasteiger charge is 2.23. The Hall–Kier alpha value is -3.59. The van der Waals surface area contributed by atoms with Crippen molar-refractivity contribution in [3.05, 3.63) is 65.2 Å². The Labute approximate surface area is 201 Å². The fraction of sp³-hybridized carbons (Fsp3) is 0.393. The number of anilines is 1. The fourth-order valence-corrected chi connectivity index (χ4v) is 4.58. The molecule has 0 bridgehead atoms. The summed E-state index contributed by atoms with van der Waals surface area (Å²) in [4.78, 5) is 22.0. The molecule has 0 radical (unpaired) electrons. The van der Waals surface area contributed by atoms with Gasteiger partial charge < -0.3 is 14.5 Å². The van der Waals surface area contributed by atoms with E-state index in [1.807, 2.05) is 42.2 Å². The standard InChI is InChI=1S/C28H32N4O2/c1-3-8-21-11-12-25-23(17-21)18-24(20-29)28(30-25)32-14-7-13-31(15-16-32)27(33)19-22-9-5-6-10-26(22)34-4-2/h5-6,9-12,17-18H,3-4,7-8,13-16,19H2,1-2H3. The molecule has 6 heteroatoms. The molecule has 0 spiro atoms. The molecule has 1 amide bonds. The smallest absolute Gasteiger partial charge is 0.227 e. The Balaban J connectivity index is 1.49. The molecule has 2 aromatic carbocycles. The maximum atomic E-state index is 13.1. The van der Waals surface area contributed by atoms with E-state index in [1.165, 1.54) is 5.56 Å². The minimum Gasteiger partial charge on any atom is -0.494 e. The minimum atomic E-state index is 0.101. The van der Waals surface area contributed by atoms with E-state index in [4.69, 9.17) is 9.72 Å². The molecule has 3 aromatic rings. The van der Waals surface area contributed by atoms with Crippen molar-refractivity contribution in [2.45, 2.75) is 39.5 Å². The van der Waals surface area contributed by atoms with Gasteiger partial charge in [0, 0.05) is 37.1 Å². The van der Waals surface area contributed by atoms with Crippen molar-refractivity contribution in [3.8, 4) is 11.8 Å². The number of nitriles is 1. The molecular weight excluding hydrogens is 424 g/mol. The van der Waals surface area contributed by atoms with E-state index in [1.54, 1.807) is 0 Å². The fourth-order valence-electron chi connectivity index (χ4n) is 4.58. The van der Waals surface area contributed by atoms with Gasteiger partial charge in [-0.2, -0.15) is 5.26 Å². The molecular formula is C28H32N4O2. The predicted molar refractivity (Wildman–Crippen MR) is 135 cm³/mol. The second-order valence-corrected chi connectivity index (χ2v) is 8.69. The van der Waals surface area contributed by atoms with Gasteiger partial charge in [-0.3, -0.25) is 4.79 Å². The average molecular weight is 457 g/mol. The molecule has 1 aliphatic heterocycles. The molecule has 0 unspecified atom stereocenters. The van der Waals surface area contributed by atoms with Crippen LogP contribution in [0.3, 0.4) is 0 Å². The lowest BCUT2D eigenvalue weighted by Crippen LogP contribution is -2.36. The molecule has 34 heavy (non-hydrogen) atoms. The zero-order valence-corrected chi connectivity index (χ0v) is 20.1. The molecule has 0 atom stereocenters. The van der Waals surface area contributed by atoms with Crippen molar-refractivity contribution in [3.63, 3.8) is 0 Å². The largest absolute Gasteiger partial charge is 0.494 e. The topological polar surface area (TPSA) is 69.5 Å². The van der Waals surface area contributed by atoms with Gasteiger partial charge in [0.25, 0.3) is 0 Å². The number of aryl methyl sites for hydroxylation is 1. The van der Waals surface area contributed by atoms with Crippen LogP contribution in [-0.2, 0) is 17.6 Å². The van der Waals surface area contributed by atoms with Gasteiger partial charge in [-0.25, -0.2) is 4.98 Å². The first-order valence-corrected chi connectivity index (χ1v) is 12.2. The number of aromatic nitrogens is 1. The summed E-state index contributed by atoms with van der Waals surface area (Å²) in [5, 5.41) is 10.8. The number of hydrogen-bond acceptors (Lipinski definition) is 5. The van der Waals surface area contributed by atoms with E-state index in [0.29, 0.717) is 44.0 Å². The molecule has 4 rings (SSSR count). The van der Waals surface area contributed by atoms with Gasteiger partial charge in [0.15, 0.2) is 0 Å². The first-order valence-electron chi connectivity index (χ1n) is 12.2. The van der Waals surface area contributed by atoms with E-state index in [-0.39, 0.29) is 5.91 Å². The van der Waals surface area contributed by atoms with Crippen molar-refractivity contribution < 1.29 is 9.53 Å². The Kier molecular flexibility index (Phi) is 7.64. The first kappa shape index (κ1) is 23.6. The maximum Gasteiger partial charge on any atom is 0.227 e. The van der Waals surface area contributed by atoms with Crippen molar-refractivity contribution in [1.29, 1.82) is 5.26 Å². The summed E-state index contributed by atoms with van der Waals surface area (Å²) in [6, 6.07) is 18.3. The van der Waals surface area contributed by atoms with Crippen LogP contribution in [0.15, 0.2) is 48.5 Å². The third kappa shape index (κ3) is 5.31. The molecule has 176 valence electrons. The summed E-state index contributed by atoms with van der Waals surface area (Å²) < 4.78 is 5.69. The summed E-state index contributed by atoms with van der Waals surface area (Å²) in [7, 11) is 0. The molecule has 1 fully saturated rings. The summed E-state index contributed by atoms with van der Waals surface area (Å²) in [6.07, 6.45) is 3.26. The summed E-state index contributed by atoms with van der Waals surface area (Å²) in [6.45, 7) is 7.40. The molecule has 1 aromatic heterocycles. The number of nitrogens with zero attached hydrogens (tertiary/aromatic N) is 4. The Morgan fingerprint density at radius 3 is 2.74 bits per heavy atom. The van der Waals surface area contributed by atoms with Gasteiger partial charge in [0.2, 0.25) is 5.91 Å². The average Bonchev–Trinajstić information content (AvgIpc) is 3.11. The number of carbonyl (C=O) groups is 1. The minimum absolute atomic E-state index is 0.101. The van der Waals surface area contributed by atoms with E-state index in [2.05, 4.69) is 36.1 Å². The number of para-hydroxylation sites is 1. The van der Waals surface area contributed by atoms with Gasteiger partial charge in [-0.15, -0.1) is 0 Å². The molecule has 6 nitrogen and oxygen atoms in total. The van der Waals surface area contributed by atoms with Crippen LogP contribution in [0.2, 0.25) is 0 Å². The highest BCUT2D eigenvalue weighted by atomic mass is 16.5. The van der Waals surface area contributed by atoms with Crippen molar-refractivity contribution in [1.82, 2.24) is 9.88 Å². The zero-order chi connectivity index (χ0) is 23.9. The summed E-state index contributed by atoms with van der Waals surface area (Å²) in [5.41, 5.74) is 3.68. The van der Waals surface area contributed by atoms with Gasteiger partial charge in [0.1, 0.15) is 17.6 Å². The van der Waals surface area contributed by atoms with Crippen LogP contribution in [0, 0.1) is 11.3 Å². The maximum absolute atomic E-state index is 13.1. The quantitative estimate of drug-likeness (QED) is 0.514. The Bertz CT molecular complexity index is 1200. The Morgan fingerprint density at radius 2 is 1.94 bits per heavy atom. The number of fused-ring (bicyclic) bond motifs is 1.